The lowest BCUT2D eigenvalue weighted by Gasteiger charge is -2.27. The van der Waals surface area contributed by atoms with Gasteiger partial charge in [-0.3, -0.25) is 4.79 Å². The van der Waals surface area contributed by atoms with Crippen molar-refractivity contribution < 1.29 is 23.8 Å². The van der Waals surface area contributed by atoms with Crippen LogP contribution in [0.25, 0.3) is 10.2 Å². The van der Waals surface area contributed by atoms with Gasteiger partial charge in [-0.1, -0.05) is 5.21 Å². The molecule has 0 saturated carbocycles. The highest BCUT2D eigenvalue weighted by molar-refractivity contribution is 7.18. The number of fused-ring (bicyclic) bond motifs is 6. The molecule has 0 aliphatic carbocycles. The molecule has 2 N–H and O–H groups in total. The van der Waals surface area contributed by atoms with Crippen LogP contribution in [0.3, 0.4) is 0 Å². The predicted octanol–water partition coefficient (Wildman–Crippen LogP) is 3.38. The summed E-state index contributed by atoms with van der Waals surface area (Å²) in [6.07, 6.45) is 3.50. The summed E-state index contributed by atoms with van der Waals surface area (Å²) in [5.74, 6) is 0.458. The molecule has 1 atom stereocenters. The summed E-state index contributed by atoms with van der Waals surface area (Å²) in [5, 5.41) is 13.2. The van der Waals surface area contributed by atoms with Crippen molar-refractivity contribution >= 4 is 56.4 Å². The summed E-state index contributed by atoms with van der Waals surface area (Å²) in [7, 11) is 0. The molecule has 3 aliphatic rings. The standard InChI is InChI=1S/C28H31N9O6S2/c1-3-41-27(39)35-7-5-16-18(10-35)45-26-21(16)23(38)31-20(32-26)12-37-9-15(33-34-37)13-43-24-22-17-6-8-36(28(40)42-4-2)11-19(17)44-25(22)30-14-29-24/h9,14,24H,3-8,10-13H2,1-2H3,(H,29,30)(H,31,32,38). The second kappa shape index (κ2) is 12.2. The summed E-state index contributed by atoms with van der Waals surface area (Å²) in [6.45, 7) is 6.61. The number of rotatable bonds is 7. The van der Waals surface area contributed by atoms with E-state index in [-0.39, 0.29) is 30.9 Å². The van der Waals surface area contributed by atoms with Crippen molar-refractivity contribution in [1.29, 1.82) is 0 Å². The number of nitrogens with one attached hydrogen (secondary N) is 2. The second-order valence-electron chi connectivity index (χ2n) is 10.7. The van der Waals surface area contributed by atoms with Gasteiger partial charge in [-0.05, 0) is 37.8 Å². The number of carbonyl (C=O) groups excluding carboxylic acids is 2. The molecule has 0 radical (unpaired) electrons. The first kappa shape index (κ1) is 29.4. The third-order valence-corrected chi connectivity index (χ3v) is 10.1. The molecule has 236 valence electrons. The Morgan fingerprint density at radius 2 is 1.73 bits per heavy atom. The van der Waals surface area contributed by atoms with Gasteiger partial charge < -0.3 is 34.3 Å². The Morgan fingerprint density at radius 1 is 1.02 bits per heavy atom. The zero-order valence-electron chi connectivity index (χ0n) is 24.7. The van der Waals surface area contributed by atoms with E-state index in [1.165, 1.54) is 11.3 Å². The lowest BCUT2D eigenvalue weighted by atomic mass is 10.0. The fourth-order valence-electron chi connectivity index (χ4n) is 5.82. The molecule has 3 aliphatic heterocycles. The summed E-state index contributed by atoms with van der Waals surface area (Å²) < 4.78 is 18.1. The van der Waals surface area contributed by atoms with Crippen LogP contribution in [0.1, 0.15) is 58.0 Å². The van der Waals surface area contributed by atoms with E-state index in [2.05, 4.69) is 25.6 Å². The monoisotopic (exact) mass is 653 g/mol. The summed E-state index contributed by atoms with van der Waals surface area (Å²) >= 11 is 3.03. The zero-order chi connectivity index (χ0) is 31.1. The van der Waals surface area contributed by atoms with Gasteiger partial charge >= 0.3 is 12.2 Å². The lowest BCUT2D eigenvalue weighted by Crippen LogP contribution is -2.36. The maximum Gasteiger partial charge on any atom is 0.410 e. The van der Waals surface area contributed by atoms with Crippen LogP contribution >= 0.6 is 22.7 Å². The molecular formula is C28H31N9O6S2. The molecule has 4 aromatic heterocycles. The van der Waals surface area contributed by atoms with Crippen LogP contribution in [0.4, 0.5) is 14.6 Å². The maximum absolute atomic E-state index is 13.1. The number of carbonyl (C=O) groups is 2. The number of aromatic amines is 1. The van der Waals surface area contributed by atoms with Gasteiger partial charge in [0.1, 0.15) is 27.9 Å². The first-order valence-electron chi connectivity index (χ1n) is 14.7. The minimum Gasteiger partial charge on any atom is -0.450 e. The Balaban J connectivity index is 1.02. The number of thiophene rings is 2. The highest BCUT2D eigenvalue weighted by Crippen LogP contribution is 2.43. The number of anilines is 1. The van der Waals surface area contributed by atoms with Gasteiger partial charge in [0.25, 0.3) is 5.56 Å². The second-order valence-corrected chi connectivity index (χ2v) is 12.9. The van der Waals surface area contributed by atoms with Crippen molar-refractivity contribution in [3.8, 4) is 0 Å². The number of hydrogen-bond acceptors (Lipinski definition) is 13. The first-order valence-corrected chi connectivity index (χ1v) is 16.3. The number of hydrogen-bond donors (Lipinski definition) is 2. The quantitative estimate of drug-likeness (QED) is 0.302. The minimum atomic E-state index is -0.509. The van der Waals surface area contributed by atoms with Crippen LogP contribution < -0.4 is 10.9 Å². The molecule has 0 spiro atoms. The van der Waals surface area contributed by atoms with Crippen molar-refractivity contribution in [2.45, 2.75) is 59.2 Å². The Kier molecular flexibility index (Phi) is 7.97. The SMILES string of the molecule is CCOC(=O)N1CCc2c(sc3c2C(OCc2cn(Cc4nc5sc6c(c5c(=O)[nH]4)CCN(C(=O)OCC)C6)nn2)N=CN3)C1. The molecule has 4 aromatic rings. The largest absolute Gasteiger partial charge is 0.450 e. The van der Waals surface area contributed by atoms with Crippen LogP contribution in [0.5, 0.6) is 0 Å². The number of H-pyrrole nitrogens is 1. The molecule has 0 aromatic carbocycles. The van der Waals surface area contributed by atoms with E-state index >= 15 is 0 Å². The normalized spacial score (nSPS) is 17.1. The van der Waals surface area contributed by atoms with Gasteiger partial charge in [0, 0.05) is 28.4 Å². The highest BCUT2D eigenvalue weighted by Gasteiger charge is 2.32. The molecule has 0 bridgehead atoms. The van der Waals surface area contributed by atoms with E-state index in [0.29, 0.717) is 74.0 Å². The molecule has 15 nitrogen and oxygen atoms in total. The number of aliphatic imine (C=N–C) groups is 1. The molecule has 2 amide bonds. The van der Waals surface area contributed by atoms with E-state index in [1.54, 1.807) is 52.2 Å². The van der Waals surface area contributed by atoms with Gasteiger partial charge in [-0.15, -0.1) is 27.8 Å². The van der Waals surface area contributed by atoms with Crippen LogP contribution in [-0.4, -0.2) is 79.6 Å². The molecule has 45 heavy (non-hydrogen) atoms. The van der Waals surface area contributed by atoms with E-state index in [9.17, 15) is 14.4 Å². The van der Waals surface area contributed by atoms with E-state index in [1.807, 2.05) is 0 Å². The average Bonchev–Trinajstić information content (AvgIpc) is 3.74. The maximum atomic E-state index is 13.1. The molecule has 7 heterocycles. The summed E-state index contributed by atoms with van der Waals surface area (Å²) in [4.78, 5) is 55.7. The zero-order valence-corrected chi connectivity index (χ0v) is 26.3. The van der Waals surface area contributed by atoms with Crippen molar-refractivity contribution in [2.24, 2.45) is 4.99 Å². The van der Waals surface area contributed by atoms with Crippen LogP contribution in [0.2, 0.25) is 0 Å². The first-order chi connectivity index (χ1) is 21.9. The minimum absolute atomic E-state index is 0.179. The van der Waals surface area contributed by atoms with Crippen LogP contribution in [0.15, 0.2) is 16.0 Å². The van der Waals surface area contributed by atoms with Crippen LogP contribution in [0, 0.1) is 0 Å². The van der Waals surface area contributed by atoms with Crippen molar-refractivity contribution in [2.75, 3.05) is 31.6 Å². The molecule has 17 heteroatoms. The van der Waals surface area contributed by atoms with Crippen LogP contribution in [-0.2, 0) is 53.3 Å². The number of ether oxygens (including phenoxy) is 3. The Bertz CT molecular complexity index is 1860. The van der Waals surface area contributed by atoms with Crippen molar-refractivity contribution in [3.05, 3.63) is 54.5 Å². The molecular weight excluding hydrogens is 622 g/mol. The summed E-state index contributed by atoms with van der Waals surface area (Å²) in [6, 6.07) is 0. The fourth-order valence-corrected chi connectivity index (χ4v) is 8.33. The topological polar surface area (TPSA) is 169 Å². The van der Waals surface area contributed by atoms with E-state index in [0.717, 1.165) is 31.4 Å². The van der Waals surface area contributed by atoms with E-state index in [4.69, 9.17) is 19.2 Å². The molecule has 0 fully saturated rings. The predicted molar refractivity (Wildman–Crippen MR) is 166 cm³/mol. The number of aromatic nitrogens is 5. The molecule has 7 rings (SSSR count). The van der Waals surface area contributed by atoms with Gasteiger partial charge in [0.15, 0.2) is 6.23 Å². The van der Waals surface area contributed by atoms with Gasteiger partial charge in [-0.25, -0.2) is 24.2 Å². The smallest absolute Gasteiger partial charge is 0.410 e. The average molecular weight is 654 g/mol. The lowest BCUT2D eigenvalue weighted by molar-refractivity contribution is 0.0434. The third-order valence-electron chi connectivity index (χ3n) is 7.85. The Hall–Kier alpha value is -4.35. The van der Waals surface area contributed by atoms with Gasteiger partial charge in [-0.2, -0.15) is 0 Å². The Morgan fingerprint density at radius 3 is 2.47 bits per heavy atom. The fraction of sp³-hybridized carbons (Fsp3) is 0.464. The number of amides is 2. The van der Waals surface area contributed by atoms with Crippen molar-refractivity contribution in [1.82, 2.24) is 34.8 Å². The van der Waals surface area contributed by atoms with E-state index < -0.39 is 6.23 Å². The Labute approximate surface area is 264 Å². The highest BCUT2D eigenvalue weighted by atomic mass is 32.1. The third kappa shape index (κ3) is 5.66. The van der Waals surface area contributed by atoms with Crippen molar-refractivity contribution in [3.63, 3.8) is 0 Å². The van der Waals surface area contributed by atoms with Gasteiger partial charge in [0.05, 0.1) is 50.8 Å². The van der Waals surface area contributed by atoms with Gasteiger partial charge in [0.2, 0.25) is 0 Å². The summed E-state index contributed by atoms with van der Waals surface area (Å²) in [5.41, 5.74) is 3.50. The molecule has 0 saturated heterocycles. The molecule has 1 unspecified atom stereocenters. The number of nitrogens with zero attached hydrogens (tertiary/aromatic N) is 7.